The molecule has 1 aromatic carbocycles. The molecule has 0 amide bonds. The maximum Gasteiger partial charge on any atom is 0.127 e. The molecule has 0 bridgehead atoms. The minimum absolute atomic E-state index is 0.0156. The predicted octanol–water partition coefficient (Wildman–Crippen LogP) is 3.89. The monoisotopic (exact) mass is 286 g/mol. The van der Waals surface area contributed by atoms with Gasteiger partial charge in [0, 0.05) is 22.9 Å². The van der Waals surface area contributed by atoms with Crippen molar-refractivity contribution in [2.24, 2.45) is 0 Å². The van der Waals surface area contributed by atoms with Crippen LogP contribution in [-0.2, 0) is 4.74 Å². The lowest BCUT2D eigenvalue weighted by molar-refractivity contribution is 0.0343. The van der Waals surface area contributed by atoms with E-state index in [4.69, 9.17) is 33.3 Å². The summed E-state index contributed by atoms with van der Waals surface area (Å²) in [5.41, 5.74) is 1.96. The lowest BCUT2D eigenvalue weighted by Gasteiger charge is -2.25. The maximum absolute atomic E-state index is 7.86. The summed E-state index contributed by atoms with van der Waals surface area (Å²) in [6, 6.07) is 5.44. The average Bonchev–Trinajstić information content (AvgIpc) is 2.41. The molecule has 1 atom stereocenters. The quantitative estimate of drug-likeness (QED) is 0.652. The van der Waals surface area contributed by atoms with Gasteiger partial charge in [0.05, 0.1) is 11.6 Å². The molecule has 1 fully saturated rings. The van der Waals surface area contributed by atoms with Gasteiger partial charge in [0.1, 0.15) is 6.23 Å². The zero-order valence-electron chi connectivity index (χ0n) is 10.0. The van der Waals surface area contributed by atoms with E-state index < -0.39 is 0 Å². The highest BCUT2D eigenvalue weighted by Crippen LogP contribution is 2.24. The second-order valence-electron chi connectivity index (χ2n) is 4.30. The molecule has 1 aromatic rings. The minimum Gasteiger partial charge on any atom is -0.360 e. The number of ether oxygens (including phenoxy) is 1. The van der Waals surface area contributed by atoms with E-state index in [2.05, 4.69) is 5.32 Å². The van der Waals surface area contributed by atoms with E-state index in [0.717, 1.165) is 37.1 Å². The van der Waals surface area contributed by atoms with Gasteiger partial charge >= 0.3 is 0 Å². The number of alkyl halides is 1. The Morgan fingerprint density at radius 1 is 1.44 bits per heavy atom. The highest BCUT2D eigenvalue weighted by Gasteiger charge is 2.16. The summed E-state index contributed by atoms with van der Waals surface area (Å²) < 4.78 is 5.63. The third kappa shape index (κ3) is 3.37. The Hall–Kier alpha value is -0.770. The van der Waals surface area contributed by atoms with Crippen molar-refractivity contribution in [3.63, 3.8) is 0 Å². The molecule has 2 rings (SSSR count). The van der Waals surface area contributed by atoms with Crippen LogP contribution in [0.25, 0.3) is 0 Å². The molecule has 0 spiro atoms. The van der Waals surface area contributed by atoms with Crippen molar-refractivity contribution >= 4 is 34.6 Å². The van der Waals surface area contributed by atoms with E-state index >= 15 is 0 Å². The number of hydrogen-bond donors (Lipinski definition) is 2. The predicted molar refractivity (Wildman–Crippen MR) is 76.2 cm³/mol. The number of halogens is 2. The van der Waals surface area contributed by atoms with Gasteiger partial charge < -0.3 is 15.5 Å². The summed E-state index contributed by atoms with van der Waals surface area (Å²) in [4.78, 5) is 0. The van der Waals surface area contributed by atoms with E-state index in [1.54, 1.807) is 12.1 Å². The highest BCUT2D eigenvalue weighted by atomic mass is 35.5. The average molecular weight is 287 g/mol. The second kappa shape index (κ2) is 6.41. The number of rotatable bonds is 4. The van der Waals surface area contributed by atoms with E-state index in [1.165, 1.54) is 0 Å². The molecule has 0 saturated carbocycles. The number of anilines is 1. The third-order valence-corrected chi connectivity index (χ3v) is 3.44. The van der Waals surface area contributed by atoms with Crippen LogP contribution < -0.4 is 5.32 Å². The summed E-state index contributed by atoms with van der Waals surface area (Å²) in [5.74, 6) is 0.167. The van der Waals surface area contributed by atoms with Crippen molar-refractivity contribution in [1.29, 1.82) is 5.41 Å². The number of benzene rings is 1. The van der Waals surface area contributed by atoms with E-state index in [9.17, 15) is 0 Å². The summed E-state index contributed by atoms with van der Waals surface area (Å²) >= 11 is 11.7. The molecule has 1 heterocycles. The second-order valence-corrected chi connectivity index (χ2v) is 5.01. The summed E-state index contributed by atoms with van der Waals surface area (Å²) in [7, 11) is 0. The van der Waals surface area contributed by atoms with Crippen molar-refractivity contribution < 1.29 is 4.74 Å². The molecule has 1 saturated heterocycles. The van der Waals surface area contributed by atoms with Gasteiger partial charge in [-0.2, -0.15) is 0 Å². The van der Waals surface area contributed by atoms with Crippen LogP contribution >= 0.6 is 23.2 Å². The van der Waals surface area contributed by atoms with E-state index in [0.29, 0.717) is 10.7 Å². The van der Waals surface area contributed by atoms with Gasteiger partial charge in [0.15, 0.2) is 0 Å². The Labute approximate surface area is 117 Å². The van der Waals surface area contributed by atoms with Crippen LogP contribution in [-0.4, -0.2) is 24.4 Å². The molecular weight excluding hydrogens is 271 g/mol. The van der Waals surface area contributed by atoms with Gasteiger partial charge in [-0.25, -0.2) is 0 Å². The first-order chi connectivity index (χ1) is 8.70. The number of nitrogens with one attached hydrogen (secondary N) is 2. The Bertz CT molecular complexity index is 431. The standard InChI is InChI=1S/C13H16Cl2N2O/c14-8-11(16)10-7-9(15)4-5-12(10)17-13-3-1-2-6-18-13/h4-5,7,13,16-17H,1-3,6,8H2. The highest BCUT2D eigenvalue weighted by molar-refractivity contribution is 6.33. The van der Waals surface area contributed by atoms with Gasteiger partial charge in [0.25, 0.3) is 0 Å². The Kier molecular flexibility index (Phi) is 4.87. The van der Waals surface area contributed by atoms with Gasteiger partial charge in [0.2, 0.25) is 0 Å². The Balaban J connectivity index is 2.17. The fourth-order valence-corrected chi connectivity index (χ4v) is 2.31. The SMILES string of the molecule is N=C(CCl)c1cc(Cl)ccc1NC1CCCCO1. The molecule has 3 nitrogen and oxygen atoms in total. The fraction of sp³-hybridized carbons (Fsp3) is 0.462. The normalized spacial score (nSPS) is 19.6. The van der Waals surface area contributed by atoms with Gasteiger partial charge in [-0.3, -0.25) is 0 Å². The van der Waals surface area contributed by atoms with Crippen LogP contribution in [0.3, 0.4) is 0 Å². The zero-order valence-corrected chi connectivity index (χ0v) is 11.5. The van der Waals surface area contributed by atoms with Crippen LogP contribution in [0.15, 0.2) is 18.2 Å². The van der Waals surface area contributed by atoms with Crippen LogP contribution in [0.2, 0.25) is 5.02 Å². The minimum atomic E-state index is 0.0156. The first-order valence-corrected chi connectivity index (χ1v) is 6.93. The zero-order chi connectivity index (χ0) is 13.0. The summed E-state index contributed by atoms with van der Waals surface area (Å²) in [6.07, 6.45) is 3.27. The first-order valence-electron chi connectivity index (χ1n) is 6.02. The fourth-order valence-electron chi connectivity index (χ4n) is 1.99. The van der Waals surface area contributed by atoms with E-state index in [1.807, 2.05) is 6.07 Å². The molecule has 2 N–H and O–H groups in total. The van der Waals surface area contributed by atoms with Crippen LogP contribution in [0.5, 0.6) is 0 Å². The molecule has 1 aliphatic rings. The molecule has 0 aliphatic carbocycles. The van der Waals surface area contributed by atoms with Crippen LogP contribution in [0.1, 0.15) is 24.8 Å². The first kappa shape index (κ1) is 13.7. The van der Waals surface area contributed by atoms with Crippen LogP contribution in [0, 0.1) is 5.41 Å². The third-order valence-electron chi connectivity index (χ3n) is 2.94. The van der Waals surface area contributed by atoms with Crippen molar-refractivity contribution in [3.05, 3.63) is 28.8 Å². The molecule has 1 unspecified atom stereocenters. The largest absolute Gasteiger partial charge is 0.360 e. The molecule has 0 aromatic heterocycles. The molecule has 1 aliphatic heterocycles. The van der Waals surface area contributed by atoms with Gasteiger partial charge in [-0.15, -0.1) is 11.6 Å². The molecule has 5 heteroatoms. The molecule has 18 heavy (non-hydrogen) atoms. The molecule has 0 radical (unpaired) electrons. The van der Waals surface area contributed by atoms with E-state index in [-0.39, 0.29) is 12.1 Å². The lowest BCUT2D eigenvalue weighted by atomic mass is 10.1. The van der Waals surface area contributed by atoms with Gasteiger partial charge in [-0.05, 0) is 37.5 Å². The molecule has 98 valence electrons. The van der Waals surface area contributed by atoms with Crippen molar-refractivity contribution in [2.75, 3.05) is 17.8 Å². The number of hydrogen-bond acceptors (Lipinski definition) is 3. The summed E-state index contributed by atoms with van der Waals surface area (Å²) in [5, 5.41) is 11.8. The smallest absolute Gasteiger partial charge is 0.127 e. The van der Waals surface area contributed by atoms with Gasteiger partial charge in [-0.1, -0.05) is 11.6 Å². The lowest BCUT2D eigenvalue weighted by Crippen LogP contribution is -2.28. The topological polar surface area (TPSA) is 45.1 Å². The Morgan fingerprint density at radius 3 is 2.94 bits per heavy atom. The van der Waals surface area contributed by atoms with Crippen molar-refractivity contribution in [1.82, 2.24) is 0 Å². The summed E-state index contributed by atoms with van der Waals surface area (Å²) in [6.45, 7) is 0.785. The van der Waals surface area contributed by atoms with Crippen molar-refractivity contribution in [3.8, 4) is 0 Å². The Morgan fingerprint density at radius 2 is 2.28 bits per heavy atom. The van der Waals surface area contributed by atoms with Crippen LogP contribution in [0.4, 0.5) is 5.69 Å². The molecular formula is C13H16Cl2N2O. The maximum atomic E-state index is 7.86. The van der Waals surface area contributed by atoms with Crippen molar-refractivity contribution in [2.45, 2.75) is 25.5 Å².